The Kier molecular flexibility index (Phi) is 8.93. The molecule has 0 heterocycles. The van der Waals surface area contributed by atoms with E-state index in [4.69, 9.17) is 10.2 Å². The number of hydrogen-bond donors (Lipinski definition) is 2. The molecular formula is C18H26O2. The lowest BCUT2D eigenvalue weighted by Gasteiger charge is -2.02. The monoisotopic (exact) mass is 274 g/mol. The summed E-state index contributed by atoms with van der Waals surface area (Å²) in [5.41, 5.74) is 2.22. The lowest BCUT2D eigenvalue weighted by molar-refractivity contribution is 0.431. The highest BCUT2D eigenvalue weighted by Crippen LogP contribution is 2.10. The molecule has 0 unspecified atom stereocenters. The minimum Gasteiger partial charge on any atom is -0.508 e. The average Bonchev–Trinajstić information content (AvgIpc) is 2.39. The fraction of sp³-hybridized carbons (Fsp3) is 0.333. The predicted molar refractivity (Wildman–Crippen MR) is 87.0 cm³/mol. The molecule has 110 valence electrons. The lowest BCUT2D eigenvalue weighted by Crippen LogP contribution is -1.87. The number of benzene rings is 1. The molecule has 0 amide bonds. The Morgan fingerprint density at radius 3 is 2.15 bits per heavy atom. The van der Waals surface area contributed by atoms with Crippen molar-refractivity contribution in [1.29, 1.82) is 0 Å². The SMILES string of the molecule is C=C(/C=C\C(O)=C/C)CC(C)C.Cc1ccc(O)cc1. The molecule has 1 aromatic rings. The Morgan fingerprint density at radius 1 is 1.20 bits per heavy atom. The van der Waals surface area contributed by atoms with Crippen LogP contribution in [0.15, 0.2) is 60.4 Å². The molecule has 0 fully saturated rings. The van der Waals surface area contributed by atoms with Crippen LogP contribution in [0, 0.1) is 12.8 Å². The lowest BCUT2D eigenvalue weighted by atomic mass is 10.0. The van der Waals surface area contributed by atoms with E-state index in [1.807, 2.05) is 25.1 Å². The first-order valence-corrected chi connectivity index (χ1v) is 6.82. The molecule has 2 nitrogen and oxygen atoms in total. The summed E-state index contributed by atoms with van der Waals surface area (Å²) in [6, 6.07) is 7.09. The molecular weight excluding hydrogens is 248 g/mol. The van der Waals surface area contributed by atoms with Crippen LogP contribution >= 0.6 is 0 Å². The van der Waals surface area contributed by atoms with Gasteiger partial charge in [0, 0.05) is 0 Å². The second-order valence-electron chi connectivity index (χ2n) is 5.14. The fourth-order valence-electron chi connectivity index (χ4n) is 1.44. The van der Waals surface area contributed by atoms with Gasteiger partial charge in [-0.25, -0.2) is 0 Å². The summed E-state index contributed by atoms with van der Waals surface area (Å²) in [5.74, 6) is 1.24. The number of phenols is 1. The third-order valence-electron chi connectivity index (χ3n) is 2.49. The van der Waals surface area contributed by atoms with Crippen molar-refractivity contribution < 1.29 is 10.2 Å². The smallest absolute Gasteiger partial charge is 0.115 e. The number of hydrogen-bond acceptors (Lipinski definition) is 2. The molecule has 20 heavy (non-hydrogen) atoms. The summed E-state index contributed by atoms with van der Waals surface area (Å²) in [5, 5.41) is 17.8. The Hall–Kier alpha value is -1.96. The molecule has 0 saturated heterocycles. The van der Waals surface area contributed by atoms with Gasteiger partial charge >= 0.3 is 0 Å². The van der Waals surface area contributed by atoms with E-state index in [2.05, 4.69) is 20.4 Å². The molecule has 0 saturated carbocycles. The number of phenolic OH excluding ortho intramolecular Hbond substituents is 1. The molecule has 2 N–H and O–H groups in total. The summed E-state index contributed by atoms with van der Waals surface area (Å²) in [7, 11) is 0. The Balaban J connectivity index is 0.000000388. The van der Waals surface area contributed by atoms with Crippen molar-refractivity contribution in [2.45, 2.75) is 34.1 Å². The largest absolute Gasteiger partial charge is 0.508 e. The summed E-state index contributed by atoms with van der Waals surface area (Å²) in [4.78, 5) is 0. The van der Waals surface area contributed by atoms with Gasteiger partial charge in [0.1, 0.15) is 11.5 Å². The van der Waals surface area contributed by atoms with Crippen LogP contribution < -0.4 is 0 Å². The number of aliphatic hydroxyl groups excluding tert-OH is 1. The normalized spacial score (nSPS) is 11.3. The van der Waals surface area contributed by atoms with Gasteiger partial charge in [-0.15, -0.1) is 0 Å². The number of aromatic hydroxyl groups is 1. The first-order valence-electron chi connectivity index (χ1n) is 6.82. The molecule has 0 spiro atoms. The summed E-state index contributed by atoms with van der Waals surface area (Å²) < 4.78 is 0. The van der Waals surface area contributed by atoms with Crippen molar-refractivity contribution in [3.63, 3.8) is 0 Å². The maximum atomic E-state index is 9.07. The van der Waals surface area contributed by atoms with Gasteiger partial charge in [-0.1, -0.05) is 49.8 Å². The molecule has 0 aliphatic rings. The summed E-state index contributed by atoms with van der Waals surface area (Å²) in [6.45, 7) is 12.0. The van der Waals surface area contributed by atoms with E-state index in [0.717, 1.165) is 12.0 Å². The Morgan fingerprint density at radius 2 is 1.75 bits per heavy atom. The van der Waals surface area contributed by atoms with E-state index in [0.29, 0.717) is 17.4 Å². The highest BCUT2D eigenvalue weighted by molar-refractivity contribution is 5.24. The van der Waals surface area contributed by atoms with E-state index < -0.39 is 0 Å². The molecule has 0 aliphatic carbocycles. The highest BCUT2D eigenvalue weighted by Gasteiger charge is 1.94. The third-order valence-corrected chi connectivity index (χ3v) is 2.49. The van der Waals surface area contributed by atoms with E-state index in [1.165, 1.54) is 5.56 Å². The highest BCUT2D eigenvalue weighted by atomic mass is 16.3. The van der Waals surface area contributed by atoms with Gasteiger partial charge in [0.05, 0.1) is 0 Å². The number of allylic oxidation sites excluding steroid dienone is 4. The van der Waals surface area contributed by atoms with Crippen LogP contribution in [0.5, 0.6) is 5.75 Å². The van der Waals surface area contributed by atoms with Crippen LogP contribution in [0.2, 0.25) is 0 Å². The molecule has 0 atom stereocenters. The zero-order chi connectivity index (χ0) is 15.5. The van der Waals surface area contributed by atoms with Crippen LogP contribution in [0.25, 0.3) is 0 Å². The maximum absolute atomic E-state index is 9.07. The van der Waals surface area contributed by atoms with Gasteiger partial charge in [-0.3, -0.25) is 0 Å². The standard InChI is InChI=1S/C11H18O.C7H8O/c1-5-11(12)7-6-10(4)8-9(2)3;1-6-2-4-7(8)5-3-6/h5-7,9,12H,4,8H2,1-3H3;2-5,8H,1H3/b7-6-,11-5+;. The van der Waals surface area contributed by atoms with Gasteiger partial charge in [-0.2, -0.15) is 0 Å². The molecule has 1 rings (SSSR count). The quantitative estimate of drug-likeness (QED) is 0.577. The molecule has 0 bridgehead atoms. The van der Waals surface area contributed by atoms with Crippen molar-refractivity contribution in [3.8, 4) is 5.75 Å². The summed E-state index contributed by atoms with van der Waals surface area (Å²) in [6.07, 6.45) is 6.16. The van der Waals surface area contributed by atoms with Gasteiger partial charge < -0.3 is 10.2 Å². The van der Waals surface area contributed by atoms with Crippen molar-refractivity contribution >= 4 is 0 Å². The van der Waals surface area contributed by atoms with Crippen molar-refractivity contribution in [2.75, 3.05) is 0 Å². The zero-order valence-electron chi connectivity index (χ0n) is 12.9. The van der Waals surface area contributed by atoms with E-state index in [9.17, 15) is 0 Å². The van der Waals surface area contributed by atoms with Crippen LogP contribution in [-0.4, -0.2) is 10.2 Å². The first-order chi connectivity index (χ1) is 9.35. The van der Waals surface area contributed by atoms with Crippen molar-refractivity contribution in [3.05, 3.63) is 66.0 Å². The Bertz CT molecular complexity index is 430. The number of aliphatic hydroxyl groups is 1. The molecule has 1 aromatic carbocycles. The number of aryl methyl sites for hydroxylation is 1. The maximum Gasteiger partial charge on any atom is 0.115 e. The molecule has 0 radical (unpaired) electrons. The minimum atomic E-state index is 0.292. The van der Waals surface area contributed by atoms with Gasteiger partial charge in [-0.05, 0) is 50.5 Å². The topological polar surface area (TPSA) is 40.5 Å². The number of rotatable bonds is 4. The van der Waals surface area contributed by atoms with Crippen LogP contribution in [-0.2, 0) is 0 Å². The van der Waals surface area contributed by atoms with E-state index in [-0.39, 0.29) is 0 Å². The van der Waals surface area contributed by atoms with Crippen LogP contribution in [0.1, 0.15) is 32.8 Å². The van der Waals surface area contributed by atoms with E-state index in [1.54, 1.807) is 31.2 Å². The van der Waals surface area contributed by atoms with Gasteiger partial charge in [0.25, 0.3) is 0 Å². The average molecular weight is 274 g/mol. The Labute approximate surface area is 122 Å². The second kappa shape index (κ2) is 9.90. The molecule has 2 heteroatoms. The first kappa shape index (κ1) is 18.0. The third kappa shape index (κ3) is 10.0. The zero-order valence-corrected chi connectivity index (χ0v) is 12.9. The summed E-state index contributed by atoms with van der Waals surface area (Å²) >= 11 is 0. The van der Waals surface area contributed by atoms with Gasteiger partial charge in [0.2, 0.25) is 0 Å². The van der Waals surface area contributed by atoms with Crippen LogP contribution in [0.3, 0.4) is 0 Å². The second-order valence-corrected chi connectivity index (χ2v) is 5.14. The fourth-order valence-corrected chi connectivity index (χ4v) is 1.44. The molecule has 0 aliphatic heterocycles. The van der Waals surface area contributed by atoms with Crippen molar-refractivity contribution in [1.82, 2.24) is 0 Å². The molecule has 0 aromatic heterocycles. The van der Waals surface area contributed by atoms with Crippen LogP contribution in [0.4, 0.5) is 0 Å². The van der Waals surface area contributed by atoms with Gasteiger partial charge in [0.15, 0.2) is 0 Å². The van der Waals surface area contributed by atoms with E-state index >= 15 is 0 Å². The minimum absolute atomic E-state index is 0.292. The predicted octanol–water partition coefficient (Wildman–Crippen LogP) is 5.31. The van der Waals surface area contributed by atoms with Crippen molar-refractivity contribution in [2.24, 2.45) is 5.92 Å².